The third-order valence-corrected chi connectivity index (χ3v) is 5.38. The Morgan fingerprint density at radius 2 is 2.04 bits per heavy atom. The summed E-state index contributed by atoms with van der Waals surface area (Å²) >= 11 is 6.18. The van der Waals surface area contributed by atoms with Crippen molar-refractivity contribution in [2.24, 2.45) is 5.73 Å². The highest BCUT2D eigenvalue weighted by atomic mass is 35.5. The summed E-state index contributed by atoms with van der Waals surface area (Å²) in [7, 11) is 1.59. The minimum absolute atomic E-state index is 0.0206. The van der Waals surface area contributed by atoms with Crippen molar-refractivity contribution in [3.63, 3.8) is 0 Å². The molecule has 3 aliphatic heterocycles. The number of nitrogens with zero attached hydrogens (tertiary/aromatic N) is 2. The Bertz CT molecular complexity index is 1020. The molecule has 0 bridgehead atoms. The number of hydrogen-bond acceptors (Lipinski definition) is 6. The fourth-order valence-electron chi connectivity index (χ4n) is 4.02. The first-order valence-corrected chi connectivity index (χ1v) is 8.28. The number of anilines is 1. The molecule has 4 rings (SSSR count). The van der Waals surface area contributed by atoms with E-state index >= 15 is 0 Å². The van der Waals surface area contributed by atoms with Crippen LogP contribution >= 0.6 is 11.6 Å². The van der Waals surface area contributed by atoms with Crippen molar-refractivity contribution < 1.29 is 14.3 Å². The Balaban J connectivity index is 2.18. The summed E-state index contributed by atoms with van der Waals surface area (Å²) in [5.74, 6) is -1.09. The Morgan fingerprint density at radius 1 is 1.35 bits per heavy atom. The molecule has 0 radical (unpaired) electrons. The van der Waals surface area contributed by atoms with Gasteiger partial charge >= 0.3 is 5.97 Å². The number of hydrogen-bond donors (Lipinski definition) is 2. The zero-order chi connectivity index (χ0) is 19.0. The Kier molecular flexibility index (Phi) is 3.04. The van der Waals surface area contributed by atoms with Gasteiger partial charge in [-0.05, 0) is 32.0 Å². The number of likely N-dealkylation sites (N-methyl/N-ethyl adjacent to an activating group) is 1. The van der Waals surface area contributed by atoms with E-state index in [-0.39, 0.29) is 17.0 Å². The SMILES string of the molecule is CN1C(=O)[C@]2(C(C#N)=C(N)NC3=C2C(=O)OC3(C)C)c2cc(Cl)ccc21. The molecule has 1 amide bonds. The minimum atomic E-state index is -1.67. The van der Waals surface area contributed by atoms with Crippen molar-refractivity contribution in [3.05, 3.63) is 51.4 Å². The van der Waals surface area contributed by atoms with E-state index in [0.29, 0.717) is 22.0 Å². The summed E-state index contributed by atoms with van der Waals surface area (Å²) in [6.07, 6.45) is 0. The highest BCUT2D eigenvalue weighted by Crippen LogP contribution is 2.56. The van der Waals surface area contributed by atoms with Gasteiger partial charge in [0.05, 0.1) is 16.8 Å². The molecule has 0 saturated heterocycles. The second kappa shape index (κ2) is 4.80. The van der Waals surface area contributed by atoms with Gasteiger partial charge in [-0.25, -0.2) is 4.79 Å². The predicted octanol–water partition coefficient (Wildman–Crippen LogP) is 1.44. The van der Waals surface area contributed by atoms with E-state index in [1.54, 1.807) is 39.1 Å². The van der Waals surface area contributed by atoms with Gasteiger partial charge in [-0.15, -0.1) is 0 Å². The van der Waals surface area contributed by atoms with E-state index in [1.165, 1.54) is 4.90 Å². The molecule has 0 fully saturated rings. The number of halogens is 1. The number of carbonyl (C=O) groups is 2. The zero-order valence-electron chi connectivity index (χ0n) is 14.3. The van der Waals surface area contributed by atoms with Gasteiger partial charge in [0.2, 0.25) is 5.91 Å². The number of rotatable bonds is 0. The van der Waals surface area contributed by atoms with Crippen LogP contribution in [-0.2, 0) is 19.7 Å². The van der Waals surface area contributed by atoms with Crippen molar-refractivity contribution in [1.82, 2.24) is 5.32 Å². The smallest absolute Gasteiger partial charge is 0.338 e. The van der Waals surface area contributed by atoms with E-state index in [0.717, 1.165) is 0 Å². The number of esters is 1. The van der Waals surface area contributed by atoms with Gasteiger partial charge in [-0.2, -0.15) is 5.26 Å². The van der Waals surface area contributed by atoms with Crippen LogP contribution in [-0.4, -0.2) is 24.5 Å². The summed E-state index contributed by atoms with van der Waals surface area (Å²) in [5.41, 5.74) is 4.87. The average molecular weight is 371 g/mol. The maximum absolute atomic E-state index is 13.4. The molecule has 26 heavy (non-hydrogen) atoms. The first-order chi connectivity index (χ1) is 12.2. The third-order valence-electron chi connectivity index (χ3n) is 5.14. The zero-order valence-corrected chi connectivity index (χ0v) is 15.1. The first-order valence-electron chi connectivity index (χ1n) is 7.90. The van der Waals surface area contributed by atoms with Crippen LogP contribution in [0.4, 0.5) is 5.69 Å². The monoisotopic (exact) mass is 370 g/mol. The molecule has 0 aliphatic carbocycles. The summed E-state index contributed by atoms with van der Waals surface area (Å²) < 4.78 is 5.48. The lowest BCUT2D eigenvalue weighted by Crippen LogP contribution is -2.49. The summed E-state index contributed by atoms with van der Waals surface area (Å²) in [4.78, 5) is 27.6. The number of cyclic esters (lactones) is 1. The number of nitrogens with one attached hydrogen (secondary N) is 1. The molecule has 3 heterocycles. The number of amides is 1. The molecule has 1 atom stereocenters. The van der Waals surface area contributed by atoms with Crippen molar-refractivity contribution in [1.29, 1.82) is 5.26 Å². The second-order valence-electron chi connectivity index (χ2n) is 6.95. The van der Waals surface area contributed by atoms with Crippen LogP contribution in [0.15, 0.2) is 40.9 Å². The molecule has 7 nitrogen and oxygen atoms in total. The van der Waals surface area contributed by atoms with Gasteiger partial charge in [-0.3, -0.25) is 4.79 Å². The maximum Gasteiger partial charge on any atom is 0.338 e. The Morgan fingerprint density at radius 3 is 2.69 bits per heavy atom. The lowest BCUT2D eigenvalue weighted by atomic mass is 9.67. The fourth-order valence-corrected chi connectivity index (χ4v) is 4.19. The number of nitriles is 1. The molecule has 1 aromatic carbocycles. The Hall–Kier alpha value is -2.98. The van der Waals surface area contributed by atoms with Crippen molar-refractivity contribution in [3.8, 4) is 6.07 Å². The molecular formula is C18H15ClN4O3. The molecule has 0 aromatic heterocycles. The van der Waals surface area contributed by atoms with Gasteiger partial charge in [0.25, 0.3) is 0 Å². The number of benzene rings is 1. The molecule has 132 valence electrons. The second-order valence-corrected chi connectivity index (χ2v) is 7.39. The third kappa shape index (κ3) is 1.67. The van der Waals surface area contributed by atoms with Crippen LogP contribution in [0.2, 0.25) is 5.02 Å². The Labute approximate surface area is 154 Å². The first kappa shape index (κ1) is 16.5. The standard InChI is InChI=1S/C18H15ClN4O3/c1-17(2)13-12(15(24)26-17)18(10(7-20)14(21)22-13)9-6-8(19)4-5-11(9)23(3)16(18)25/h4-6,22H,21H2,1-3H3/t18-/m0/s1. The molecule has 1 aromatic rings. The number of carbonyl (C=O) groups excluding carboxylic acids is 2. The molecule has 1 spiro atoms. The van der Waals surface area contributed by atoms with Gasteiger partial charge in [0.1, 0.15) is 22.9 Å². The van der Waals surface area contributed by atoms with Crippen LogP contribution in [0.3, 0.4) is 0 Å². The van der Waals surface area contributed by atoms with Gasteiger partial charge < -0.3 is 20.7 Å². The minimum Gasteiger partial charge on any atom is -0.450 e. The van der Waals surface area contributed by atoms with Crippen molar-refractivity contribution in [2.45, 2.75) is 24.9 Å². The topological polar surface area (TPSA) is 108 Å². The van der Waals surface area contributed by atoms with Crippen LogP contribution in [0.25, 0.3) is 0 Å². The van der Waals surface area contributed by atoms with Crippen molar-refractivity contribution in [2.75, 3.05) is 11.9 Å². The highest BCUT2D eigenvalue weighted by Gasteiger charge is 2.64. The van der Waals surface area contributed by atoms with Crippen LogP contribution in [0.5, 0.6) is 0 Å². The fraction of sp³-hybridized carbons (Fsp3) is 0.278. The normalized spacial score (nSPS) is 25.9. The predicted molar refractivity (Wildman–Crippen MR) is 93.7 cm³/mol. The van der Waals surface area contributed by atoms with E-state index < -0.39 is 22.9 Å². The van der Waals surface area contributed by atoms with Crippen LogP contribution in [0, 0.1) is 11.3 Å². The van der Waals surface area contributed by atoms with E-state index in [2.05, 4.69) is 5.32 Å². The molecule has 3 aliphatic rings. The summed E-state index contributed by atoms with van der Waals surface area (Å²) in [5, 5.41) is 13.1. The van der Waals surface area contributed by atoms with Crippen LogP contribution < -0.4 is 16.0 Å². The highest BCUT2D eigenvalue weighted by molar-refractivity contribution is 6.31. The van der Waals surface area contributed by atoms with Gasteiger partial charge in [-0.1, -0.05) is 11.6 Å². The molecule has 0 unspecified atom stereocenters. The number of nitrogens with two attached hydrogens (primary N) is 1. The maximum atomic E-state index is 13.4. The molecular weight excluding hydrogens is 356 g/mol. The van der Waals surface area contributed by atoms with Gasteiger partial charge in [0, 0.05) is 23.3 Å². The molecule has 0 saturated carbocycles. The lowest BCUT2D eigenvalue weighted by Gasteiger charge is -2.34. The molecule has 3 N–H and O–H groups in total. The lowest BCUT2D eigenvalue weighted by molar-refractivity contribution is -0.145. The van der Waals surface area contributed by atoms with Gasteiger partial charge in [0.15, 0.2) is 0 Å². The van der Waals surface area contributed by atoms with Crippen molar-refractivity contribution >= 4 is 29.2 Å². The van der Waals surface area contributed by atoms with E-state index in [4.69, 9.17) is 22.1 Å². The van der Waals surface area contributed by atoms with E-state index in [1.807, 2.05) is 6.07 Å². The van der Waals surface area contributed by atoms with E-state index in [9.17, 15) is 14.9 Å². The van der Waals surface area contributed by atoms with Crippen LogP contribution in [0.1, 0.15) is 19.4 Å². The quantitative estimate of drug-likeness (QED) is 0.669. The largest absolute Gasteiger partial charge is 0.450 e. The average Bonchev–Trinajstić information content (AvgIpc) is 2.91. The number of fused-ring (bicyclic) bond motifs is 3. The number of dihydropyridines is 1. The summed E-state index contributed by atoms with van der Waals surface area (Å²) in [6, 6.07) is 6.94. The molecule has 8 heteroatoms. The summed E-state index contributed by atoms with van der Waals surface area (Å²) in [6.45, 7) is 3.39. The number of ether oxygens (including phenoxy) is 1.